The Bertz CT molecular complexity index is 5410. The number of H-pyrrole nitrogens is 2. The van der Waals surface area contributed by atoms with E-state index in [4.69, 9.17) is 37.9 Å². The minimum absolute atomic E-state index is 0.606. The lowest BCUT2D eigenvalue weighted by Gasteiger charge is -2.13. The highest BCUT2D eigenvalue weighted by Crippen LogP contribution is 2.44. The van der Waals surface area contributed by atoms with Crippen molar-refractivity contribution in [2.45, 2.75) is 364 Å². The van der Waals surface area contributed by atoms with Crippen LogP contribution in [-0.4, -0.2) is 62.8 Å². The lowest BCUT2D eigenvalue weighted by molar-refractivity contribution is 0.288. The Morgan fingerprint density at radius 3 is 0.493 bits per heavy atom. The third kappa shape index (κ3) is 32.2. The highest BCUT2D eigenvalue weighted by molar-refractivity contribution is 7.25. The van der Waals surface area contributed by atoms with E-state index >= 15 is 0 Å². The zero-order chi connectivity index (χ0) is 97.2. The molecule has 2 N–H and O–H groups in total. The summed E-state index contributed by atoms with van der Waals surface area (Å²) in [5.74, 6) is 36.4. The maximum absolute atomic E-state index is 6.82. The zero-order valence-corrected chi connectivity index (χ0v) is 88.2. The molecule has 8 aromatic carbocycles. The van der Waals surface area contributed by atoms with E-state index in [1.165, 1.54) is 205 Å². The first-order chi connectivity index (χ1) is 69.2. The van der Waals surface area contributed by atoms with Gasteiger partial charge in [0.1, 0.15) is 68.2 Å². The molecule has 0 unspecified atom stereocenters. The summed E-state index contributed by atoms with van der Waals surface area (Å²) in [5, 5.41) is 8.32. The summed E-state index contributed by atoms with van der Waals surface area (Å²) in [6.07, 6.45) is 56.2. The van der Waals surface area contributed by atoms with Crippen LogP contribution in [0.1, 0.15) is 408 Å². The number of hydrogen-bond acceptors (Lipinski definition) is 10. The summed E-state index contributed by atoms with van der Waals surface area (Å²) in [6, 6.07) is 52.5. The van der Waals surface area contributed by atoms with Crippen molar-refractivity contribution in [2.24, 2.45) is 0 Å². The number of rotatable bonds is 64. The van der Waals surface area contributed by atoms with Crippen LogP contribution in [0.5, 0.6) is 46.0 Å². The van der Waals surface area contributed by atoms with Gasteiger partial charge in [-0.1, -0.05) is 384 Å². The van der Waals surface area contributed by atoms with Gasteiger partial charge in [-0.2, -0.15) is 0 Å². The molecule has 12 heteroatoms. The van der Waals surface area contributed by atoms with Gasteiger partial charge in [-0.3, -0.25) is 0 Å². The monoisotopic (exact) mass is 1920 g/mol. The Morgan fingerprint density at radius 1 is 0.179 bits per heavy atom. The van der Waals surface area contributed by atoms with E-state index in [0.29, 0.717) is 52.9 Å². The minimum Gasteiger partial charge on any atom is -0.492 e. The molecule has 0 atom stereocenters. The summed E-state index contributed by atoms with van der Waals surface area (Å²) in [5.41, 5.74) is 10.6. The van der Waals surface area contributed by atoms with Crippen LogP contribution in [0.25, 0.3) is 84.0 Å². The minimum atomic E-state index is 0.606. The normalized spacial score (nSPS) is 11.4. The number of thiophene rings is 2. The molecule has 13 rings (SSSR count). The highest BCUT2D eigenvalue weighted by atomic mass is 32.1. The molecule has 5 aromatic heterocycles. The van der Waals surface area contributed by atoms with Crippen LogP contribution < -0.4 is 37.9 Å². The average Bonchev–Trinajstić information content (AvgIpc) is 1.57. The zero-order valence-electron chi connectivity index (χ0n) is 86.5. The van der Waals surface area contributed by atoms with Crippen molar-refractivity contribution in [3.05, 3.63) is 190 Å². The first kappa shape index (κ1) is 107. The molecular weight excluding hydrogens is 1760 g/mol. The molecule has 13 aromatic rings. The number of benzene rings is 8. The van der Waals surface area contributed by atoms with Crippen LogP contribution >= 0.6 is 22.7 Å². The van der Waals surface area contributed by atoms with Crippen LogP contribution in [0.2, 0.25) is 0 Å². The van der Waals surface area contributed by atoms with E-state index in [9.17, 15) is 0 Å². The second-order valence-corrected chi connectivity index (χ2v) is 41.0. The van der Waals surface area contributed by atoms with Crippen LogP contribution in [0.3, 0.4) is 0 Å². The molecule has 10 nitrogen and oxygen atoms in total. The molecule has 0 aliphatic heterocycles. The fourth-order valence-electron chi connectivity index (χ4n) is 19.1. The van der Waals surface area contributed by atoms with Crippen LogP contribution in [0, 0.1) is 47.4 Å². The molecule has 0 amide bonds. The molecule has 0 saturated carbocycles. The molecular formula is C128H162N2O8S2. The Morgan fingerprint density at radius 2 is 0.329 bits per heavy atom. The van der Waals surface area contributed by atoms with Crippen molar-refractivity contribution >= 4 is 107 Å². The van der Waals surface area contributed by atoms with Gasteiger partial charge in [0.2, 0.25) is 0 Å². The van der Waals surface area contributed by atoms with Crippen LogP contribution in [0.4, 0.5) is 0 Å². The van der Waals surface area contributed by atoms with Gasteiger partial charge in [-0.05, 0) is 173 Å². The maximum Gasteiger partial charge on any atom is 0.138 e. The largest absolute Gasteiger partial charge is 0.492 e. The van der Waals surface area contributed by atoms with E-state index in [1.54, 1.807) is 22.7 Å². The number of unbranched alkanes of at least 4 members (excludes halogenated alkanes) is 40. The first-order valence-electron chi connectivity index (χ1n) is 55.3. The summed E-state index contributed by atoms with van der Waals surface area (Å²) in [7, 11) is 0. The number of aromatic nitrogens is 2. The maximum atomic E-state index is 6.82. The van der Waals surface area contributed by atoms with Crippen molar-refractivity contribution in [2.75, 3.05) is 52.9 Å². The lowest BCUT2D eigenvalue weighted by Crippen LogP contribution is -2.03. The Labute approximate surface area is 848 Å². The summed E-state index contributed by atoms with van der Waals surface area (Å²) < 4.78 is 58.9. The molecule has 0 radical (unpaired) electrons. The molecule has 0 spiro atoms. The predicted molar refractivity (Wildman–Crippen MR) is 600 cm³/mol. The molecule has 5 heterocycles. The van der Waals surface area contributed by atoms with Gasteiger partial charge in [0.05, 0.1) is 74.9 Å². The summed E-state index contributed by atoms with van der Waals surface area (Å²) in [4.78, 5) is 8.42. The third-order valence-corrected chi connectivity index (χ3v) is 29.5. The van der Waals surface area contributed by atoms with Crippen molar-refractivity contribution in [1.29, 1.82) is 0 Å². The number of hydrogen-bond donors (Lipinski definition) is 2. The van der Waals surface area contributed by atoms with E-state index in [0.717, 1.165) is 277 Å². The Hall–Kier alpha value is -10.6. The van der Waals surface area contributed by atoms with Crippen molar-refractivity contribution < 1.29 is 37.9 Å². The van der Waals surface area contributed by atoms with E-state index in [-0.39, 0.29) is 0 Å². The van der Waals surface area contributed by atoms with Gasteiger partial charge < -0.3 is 47.9 Å². The van der Waals surface area contributed by atoms with Gasteiger partial charge >= 0.3 is 0 Å². The van der Waals surface area contributed by atoms with Crippen LogP contribution in [0.15, 0.2) is 146 Å². The molecule has 0 aliphatic rings. The number of aromatic amines is 2. The molecule has 140 heavy (non-hydrogen) atoms. The SMILES string of the molecule is CCCCCCCCOc1cccc(OCCCCCCCC)c1C#Cc1cc2c3ccc(s3)c3cc(C#Cc4c(OCCCCCCCC)cccc4OCCCCCCCC)cc4c5cc(C#Cc6c(OCCCCCCCC)cccc6OCCCCCCCC)cc(c6ccc(s6)c6cc(C#Cc7c(OCCCCCCCC)cccc7OCCCCCCCC)cc7c(c1)c2[nH]c67)c5[nH]c34. The first-order valence-corrected chi connectivity index (χ1v) is 57.0. The van der Waals surface area contributed by atoms with Crippen molar-refractivity contribution in [3.63, 3.8) is 0 Å². The van der Waals surface area contributed by atoms with Gasteiger partial charge in [-0.25, -0.2) is 0 Å². The van der Waals surface area contributed by atoms with Gasteiger partial charge in [-0.15, -0.1) is 22.7 Å². The Kier molecular flexibility index (Phi) is 46.2. The smallest absolute Gasteiger partial charge is 0.138 e. The molecule has 744 valence electrons. The van der Waals surface area contributed by atoms with Crippen LogP contribution in [-0.2, 0) is 0 Å². The Balaban J connectivity index is 1.06. The number of ether oxygens (including phenoxy) is 8. The van der Waals surface area contributed by atoms with Gasteiger partial charge in [0, 0.05) is 84.1 Å². The van der Waals surface area contributed by atoms with Gasteiger partial charge in [0.25, 0.3) is 0 Å². The third-order valence-electron chi connectivity index (χ3n) is 27.2. The summed E-state index contributed by atoms with van der Waals surface area (Å²) >= 11 is 3.57. The second-order valence-electron chi connectivity index (χ2n) is 38.8. The standard InChI is InChI=1S/C128H162N2O8S2/c1-9-17-25-33-41-49-81-131-113-61-57-62-114(132-82-50-42-34-26-18-10-2)101(113)73-69-97-89-105-106-90-98(70-74-102-115(133-83-51-43-35-27-19-11-3)63-58-64-116(102)134-84-52-44-36-28-20-12-4)94-110-123-79-80-124(140-123)112-96-100(72-76-104-119(137-87-55-47-39-31-23-15-7)67-60-68-120(104)138-88-56-48-40-32-24-16-8)92-108-107-91-99(95-111(127(107)130-128(108)112)122-78-77-121(139-122)109(93-97)125(105)129-126(106)110)71-75-103-117(135-85-53-45-37-29-21-13-5)65-59-66-118(103)136-86-54-46-38-30-22-14-6/h57-68,77-80,89-96,129-130H,9-56,81-88H2,1-8H3. The topological polar surface area (TPSA) is 105 Å². The van der Waals surface area contributed by atoms with Crippen molar-refractivity contribution in [3.8, 4) is 93.4 Å². The summed E-state index contributed by atoms with van der Waals surface area (Å²) in [6.45, 7) is 23.1. The second kappa shape index (κ2) is 60.6. The molecule has 0 saturated heterocycles. The van der Waals surface area contributed by atoms with Gasteiger partial charge in [0.15, 0.2) is 0 Å². The van der Waals surface area contributed by atoms with E-state index in [1.807, 2.05) is 0 Å². The molecule has 0 fully saturated rings. The number of nitrogens with one attached hydrogen (secondary N) is 2. The van der Waals surface area contributed by atoms with E-state index < -0.39 is 0 Å². The molecule has 0 aliphatic carbocycles. The highest BCUT2D eigenvalue weighted by Gasteiger charge is 2.22. The molecule has 8 bridgehead atoms. The fraction of sp³-hybridized carbons (Fsp3) is 0.500. The lowest BCUT2D eigenvalue weighted by atomic mass is 10.0. The van der Waals surface area contributed by atoms with Crippen molar-refractivity contribution in [1.82, 2.24) is 9.97 Å². The van der Waals surface area contributed by atoms with E-state index in [2.05, 4.69) is 258 Å². The predicted octanol–water partition coefficient (Wildman–Crippen LogP) is 37.8. The average molecular weight is 1920 g/mol. The fourth-order valence-corrected chi connectivity index (χ4v) is 21.2. The quantitative estimate of drug-likeness (QED) is 0.0287. The number of fused-ring (bicyclic) bond motifs is 10.